The molecule has 5 rings (SSSR count). The van der Waals surface area contributed by atoms with Gasteiger partial charge in [0.1, 0.15) is 22.9 Å². The number of nitrogens with zero attached hydrogens (tertiary/aromatic N) is 6. The van der Waals surface area contributed by atoms with Gasteiger partial charge in [-0.2, -0.15) is 10.2 Å². The molecule has 0 aliphatic carbocycles. The van der Waals surface area contributed by atoms with Gasteiger partial charge < -0.3 is 11.1 Å². The zero-order valence-electron chi connectivity index (χ0n) is 21.5. The normalized spacial score (nSPS) is 11.6. The number of nitrogens with two attached hydrogens (primary N) is 1. The van der Waals surface area contributed by atoms with Gasteiger partial charge in [-0.1, -0.05) is 30.2 Å². The number of aromatic nitrogens is 6. The van der Waals surface area contributed by atoms with Gasteiger partial charge >= 0.3 is 0 Å². The fourth-order valence-electron chi connectivity index (χ4n) is 4.32. The molecule has 4 heterocycles. The van der Waals surface area contributed by atoms with Crippen molar-refractivity contribution in [2.75, 3.05) is 5.73 Å². The van der Waals surface area contributed by atoms with E-state index in [0.29, 0.717) is 28.0 Å². The summed E-state index contributed by atoms with van der Waals surface area (Å²) < 4.78 is 4.57. The Hall–Kier alpha value is -5.50. The molecule has 0 bridgehead atoms. The number of rotatable bonds is 5. The molecular formula is C28H25N9O2. The third-order valence-corrected chi connectivity index (χ3v) is 6.12. The molecule has 0 fully saturated rings. The summed E-state index contributed by atoms with van der Waals surface area (Å²) in [6.45, 7) is 3.47. The van der Waals surface area contributed by atoms with Gasteiger partial charge in [-0.05, 0) is 44.0 Å². The van der Waals surface area contributed by atoms with Gasteiger partial charge in [0, 0.05) is 19.4 Å². The van der Waals surface area contributed by atoms with Gasteiger partial charge in [-0.25, -0.2) is 9.50 Å². The first-order chi connectivity index (χ1) is 18.7. The summed E-state index contributed by atoms with van der Waals surface area (Å²) in [6, 6.07) is 13.6. The van der Waals surface area contributed by atoms with Crippen LogP contribution in [0.15, 0.2) is 71.9 Å². The third kappa shape index (κ3) is 4.78. The molecule has 0 saturated carbocycles. The number of hydrogen-bond donors (Lipinski definition) is 3. The Morgan fingerprint density at radius 3 is 2.59 bits per heavy atom. The van der Waals surface area contributed by atoms with Crippen LogP contribution < -0.4 is 16.6 Å². The van der Waals surface area contributed by atoms with Gasteiger partial charge in [-0.15, -0.1) is 0 Å². The molecule has 1 atom stereocenters. The SMILES string of the molecule is Cc1nn2ccccc2c1C(=O)N[C@@H](C)c1nc(N)c(C(=N)C#Cc2cnn(C)c2)c(=O)n1-c1ccccc1. The van der Waals surface area contributed by atoms with Crippen molar-refractivity contribution in [1.82, 2.24) is 34.3 Å². The van der Waals surface area contributed by atoms with E-state index in [0.717, 1.165) is 0 Å². The zero-order valence-corrected chi connectivity index (χ0v) is 21.5. The number of hydrogen-bond acceptors (Lipinski definition) is 7. The second kappa shape index (κ2) is 10.1. The maximum absolute atomic E-state index is 13.8. The van der Waals surface area contributed by atoms with Crippen LogP contribution in [0.25, 0.3) is 11.2 Å². The van der Waals surface area contributed by atoms with Crippen LogP contribution in [0, 0.1) is 24.2 Å². The molecule has 0 aliphatic rings. The van der Waals surface area contributed by atoms with Crippen LogP contribution in [0.2, 0.25) is 0 Å². The van der Waals surface area contributed by atoms with E-state index in [9.17, 15) is 9.59 Å². The summed E-state index contributed by atoms with van der Waals surface area (Å²) in [5, 5.41) is 19.9. The highest BCUT2D eigenvalue weighted by atomic mass is 16.2. The van der Waals surface area contributed by atoms with Gasteiger partial charge in [0.25, 0.3) is 11.5 Å². The molecule has 4 aromatic heterocycles. The van der Waals surface area contributed by atoms with Crippen molar-refractivity contribution in [2.24, 2.45) is 7.05 Å². The summed E-state index contributed by atoms with van der Waals surface area (Å²) in [7, 11) is 1.76. The average Bonchev–Trinajstić information content (AvgIpc) is 3.49. The molecule has 11 nitrogen and oxygen atoms in total. The lowest BCUT2D eigenvalue weighted by molar-refractivity contribution is 0.0938. The van der Waals surface area contributed by atoms with Crippen LogP contribution in [0.1, 0.15) is 46.0 Å². The fourth-order valence-corrected chi connectivity index (χ4v) is 4.32. The Kier molecular flexibility index (Phi) is 6.52. The number of nitrogen functional groups attached to an aromatic ring is 1. The van der Waals surface area contributed by atoms with Crippen LogP contribution in [-0.4, -0.2) is 40.6 Å². The number of amides is 1. The number of para-hydroxylation sites is 1. The van der Waals surface area contributed by atoms with Gasteiger partial charge in [0.2, 0.25) is 0 Å². The Morgan fingerprint density at radius 1 is 1.13 bits per heavy atom. The van der Waals surface area contributed by atoms with Crippen molar-refractivity contribution in [3.05, 3.63) is 106 Å². The van der Waals surface area contributed by atoms with Crippen LogP contribution in [-0.2, 0) is 7.05 Å². The zero-order chi connectivity index (χ0) is 27.7. The molecule has 11 heteroatoms. The lowest BCUT2D eigenvalue weighted by atomic mass is 10.1. The third-order valence-electron chi connectivity index (χ3n) is 6.12. The predicted molar refractivity (Wildman–Crippen MR) is 147 cm³/mol. The molecule has 1 amide bonds. The molecule has 0 radical (unpaired) electrons. The lowest BCUT2D eigenvalue weighted by Crippen LogP contribution is -2.36. The summed E-state index contributed by atoms with van der Waals surface area (Å²) in [6.07, 6.45) is 5.02. The van der Waals surface area contributed by atoms with E-state index in [4.69, 9.17) is 11.1 Å². The number of aryl methyl sites for hydroxylation is 2. The molecule has 0 aliphatic heterocycles. The van der Waals surface area contributed by atoms with Crippen LogP contribution in [0.4, 0.5) is 5.82 Å². The second-order valence-electron chi connectivity index (χ2n) is 8.92. The second-order valence-corrected chi connectivity index (χ2v) is 8.92. The summed E-state index contributed by atoms with van der Waals surface area (Å²) in [5.41, 5.74) is 8.00. The van der Waals surface area contributed by atoms with Crippen molar-refractivity contribution < 1.29 is 4.79 Å². The molecule has 194 valence electrons. The van der Waals surface area contributed by atoms with E-state index >= 15 is 0 Å². The smallest absolute Gasteiger partial charge is 0.270 e. The number of fused-ring (bicyclic) bond motifs is 1. The highest BCUT2D eigenvalue weighted by Gasteiger charge is 2.25. The summed E-state index contributed by atoms with van der Waals surface area (Å²) >= 11 is 0. The van der Waals surface area contributed by atoms with Gasteiger partial charge in [-0.3, -0.25) is 24.2 Å². The minimum absolute atomic E-state index is 0.129. The quantitative estimate of drug-likeness (QED) is 0.240. The Morgan fingerprint density at radius 2 is 1.87 bits per heavy atom. The Labute approximate surface area is 223 Å². The fraction of sp³-hybridized carbons (Fsp3) is 0.143. The molecule has 5 aromatic rings. The van der Waals surface area contributed by atoms with E-state index in [1.54, 1.807) is 72.9 Å². The predicted octanol–water partition coefficient (Wildman–Crippen LogP) is 2.41. The number of pyridine rings is 1. The van der Waals surface area contributed by atoms with E-state index < -0.39 is 11.6 Å². The van der Waals surface area contributed by atoms with E-state index in [1.807, 2.05) is 24.3 Å². The average molecular weight is 520 g/mol. The lowest BCUT2D eigenvalue weighted by Gasteiger charge is -2.20. The van der Waals surface area contributed by atoms with Gasteiger partial charge in [0.05, 0.1) is 40.3 Å². The number of benzene rings is 1. The Balaban J connectivity index is 1.56. The maximum Gasteiger partial charge on any atom is 0.270 e. The molecule has 0 unspecified atom stereocenters. The standard InChI is InChI=1S/C28H25N9O2/c1-17-23(22-11-7-8-14-36(22)34-17)27(38)32-18(2)26-33-25(30)24(21(29)13-12-19-15-31-35(3)16-19)28(39)37(26)20-9-5-4-6-10-20/h4-11,14-16,18,29H,30H2,1-3H3,(H,32,38)/t18-/m0/s1. The largest absolute Gasteiger partial charge is 0.383 e. The van der Waals surface area contributed by atoms with E-state index in [2.05, 4.69) is 32.3 Å². The summed E-state index contributed by atoms with van der Waals surface area (Å²) in [5.74, 6) is 5.19. The van der Waals surface area contributed by atoms with Crippen LogP contribution in [0.5, 0.6) is 0 Å². The Bertz CT molecular complexity index is 1850. The van der Waals surface area contributed by atoms with Crippen LogP contribution >= 0.6 is 0 Å². The first-order valence-corrected chi connectivity index (χ1v) is 12.1. The number of carbonyl (C=O) groups is 1. The monoisotopic (exact) mass is 519 g/mol. The highest BCUT2D eigenvalue weighted by Crippen LogP contribution is 2.20. The number of carbonyl (C=O) groups excluding carboxylic acids is 1. The molecule has 4 N–H and O–H groups in total. The number of nitrogens with one attached hydrogen (secondary N) is 2. The molecule has 0 saturated heterocycles. The van der Waals surface area contributed by atoms with E-state index in [1.165, 1.54) is 4.57 Å². The minimum atomic E-state index is -0.726. The van der Waals surface area contributed by atoms with Crippen molar-refractivity contribution in [3.8, 4) is 17.5 Å². The summed E-state index contributed by atoms with van der Waals surface area (Å²) in [4.78, 5) is 31.7. The topological polar surface area (TPSA) is 149 Å². The van der Waals surface area contributed by atoms with Gasteiger partial charge in [0.15, 0.2) is 0 Å². The van der Waals surface area contributed by atoms with Crippen molar-refractivity contribution >= 4 is 23.0 Å². The first-order valence-electron chi connectivity index (χ1n) is 12.1. The van der Waals surface area contributed by atoms with E-state index in [-0.39, 0.29) is 28.8 Å². The maximum atomic E-state index is 13.8. The number of anilines is 1. The molecule has 1 aromatic carbocycles. The van der Waals surface area contributed by atoms with Crippen molar-refractivity contribution in [3.63, 3.8) is 0 Å². The molecule has 0 spiro atoms. The highest BCUT2D eigenvalue weighted by molar-refractivity contribution is 6.13. The molecule has 39 heavy (non-hydrogen) atoms. The first kappa shape index (κ1) is 25.2. The minimum Gasteiger partial charge on any atom is -0.383 e. The van der Waals surface area contributed by atoms with Crippen LogP contribution in [0.3, 0.4) is 0 Å². The van der Waals surface area contributed by atoms with Crippen molar-refractivity contribution in [2.45, 2.75) is 19.9 Å². The molecular weight excluding hydrogens is 494 g/mol. The van der Waals surface area contributed by atoms with Crippen molar-refractivity contribution in [1.29, 1.82) is 5.41 Å².